The zero-order chi connectivity index (χ0) is 21.9. The number of carbonyl (C=O) groups is 2. The van der Waals surface area contributed by atoms with E-state index in [-0.39, 0.29) is 12.5 Å². The number of imidazole rings is 1. The molecule has 1 aliphatic rings. The molecular weight excluding hydrogens is 426 g/mol. The van der Waals surface area contributed by atoms with Crippen molar-refractivity contribution in [1.29, 1.82) is 0 Å². The van der Waals surface area contributed by atoms with E-state index in [9.17, 15) is 9.59 Å². The fourth-order valence-corrected chi connectivity index (χ4v) is 4.46. The number of amides is 2. The summed E-state index contributed by atoms with van der Waals surface area (Å²) in [7, 11) is 0. The Bertz CT molecular complexity index is 1220. The number of carbonyl (C=O) groups excluding carboxylic acids is 2. The van der Waals surface area contributed by atoms with Crippen LogP contribution in [0.3, 0.4) is 0 Å². The van der Waals surface area contributed by atoms with E-state index in [4.69, 9.17) is 4.74 Å². The Hall–Kier alpha value is -3.72. The summed E-state index contributed by atoms with van der Waals surface area (Å²) in [6.45, 7) is 0.672. The first-order chi connectivity index (χ1) is 15.7. The molecule has 0 aliphatic carbocycles. The summed E-state index contributed by atoms with van der Waals surface area (Å²) in [5.74, 6) is 0.389. The van der Waals surface area contributed by atoms with Crippen molar-refractivity contribution in [2.24, 2.45) is 0 Å². The first-order valence-corrected chi connectivity index (χ1v) is 11.2. The molecule has 2 amide bonds. The molecule has 3 heterocycles. The minimum atomic E-state index is -0.572. The largest absolute Gasteiger partial charge is 0.445 e. The molecule has 1 unspecified atom stereocenters. The summed E-state index contributed by atoms with van der Waals surface area (Å²) >= 11 is 1.32. The SMILES string of the molecule is O=C(Nc1nc(-c2nc3ccccc3[nH]2)cs1)C1CCCN1C(=O)OCc1ccccc1. The number of anilines is 1. The zero-order valence-electron chi connectivity index (χ0n) is 17.2. The van der Waals surface area contributed by atoms with Crippen LogP contribution in [0.5, 0.6) is 0 Å². The van der Waals surface area contributed by atoms with Crippen LogP contribution in [0, 0.1) is 0 Å². The number of hydrogen-bond acceptors (Lipinski definition) is 6. The number of thiazole rings is 1. The van der Waals surface area contributed by atoms with E-state index in [0.29, 0.717) is 29.6 Å². The molecule has 1 fully saturated rings. The van der Waals surface area contributed by atoms with Gasteiger partial charge in [-0.15, -0.1) is 11.3 Å². The number of nitrogens with zero attached hydrogens (tertiary/aromatic N) is 3. The van der Waals surface area contributed by atoms with Gasteiger partial charge in [-0.1, -0.05) is 42.5 Å². The third kappa shape index (κ3) is 4.19. The molecular formula is C23H21N5O3S. The molecule has 0 spiro atoms. The molecule has 2 N–H and O–H groups in total. The number of ether oxygens (including phenoxy) is 1. The maximum Gasteiger partial charge on any atom is 0.410 e. The number of hydrogen-bond donors (Lipinski definition) is 2. The molecule has 1 aliphatic heterocycles. The highest BCUT2D eigenvalue weighted by atomic mass is 32.1. The minimum Gasteiger partial charge on any atom is -0.445 e. The second kappa shape index (κ2) is 8.80. The molecule has 8 nitrogen and oxygen atoms in total. The summed E-state index contributed by atoms with van der Waals surface area (Å²) in [4.78, 5) is 39.2. The van der Waals surface area contributed by atoms with Crippen LogP contribution in [0.25, 0.3) is 22.6 Å². The Morgan fingerprint density at radius 1 is 1.12 bits per heavy atom. The van der Waals surface area contributed by atoms with Crippen LogP contribution in [0.4, 0.5) is 9.93 Å². The highest BCUT2D eigenvalue weighted by Crippen LogP contribution is 2.26. The predicted molar refractivity (Wildman–Crippen MR) is 122 cm³/mol. The van der Waals surface area contributed by atoms with Crippen LogP contribution in [0.1, 0.15) is 18.4 Å². The molecule has 5 rings (SSSR count). The van der Waals surface area contributed by atoms with Crippen LogP contribution in [0.15, 0.2) is 60.0 Å². The van der Waals surface area contributed by atoms with Crippen molar-refractivity contribution in [2.45, 2.75) is 25.5 Å². The van der Waals surface area contributed by atoms with Crippen LogP contribution in [-0.4, -0.2) is 44.4 Å². The fourth-order valence-electron chi connectivity index (χ4n) is 3.76. The van der Waals surface area contributed by atoms with Gasteiger partial charge in [0.15, 0.2) is 11.0 Å². The van der Waals surface area contributed by atoms with Gasteiger partial charge >= 0.3 is 6.09 Å². The van der Waals surface area contributed by atoms with E-state index in [1.165, 1.54) is 16.2 Å². The van der Waals surface area contributed by atoms with Crippen LogP contribution in [-0.2, 0) is 16.1 Å². The van der Waals surface area contributed by atoms with Crippen molar-refractivity contribution in [1.82, 2.24) is 19.9 Å². The first kappa shape index (κ1) is 20.2. The van der Waals surface area contributed by atoms with Gasteiger partial charge in [0.1, 0.15) is 18.3 Å². The molecule has 2 aromatic carbocycles. The molecule has 0 saturated carbocycles. The monoisotopic (exact) mass is 447 g/mol. The summed E-state index contributed by atoms with van der Waals surface area (Å²) < 4.78 is 5.41. The maximum atomic E-state index is 12.9. The summed E-state index contributed by atoms with van der Waals surface area (Å²) in [6, 6.07) is 16.6. The fraction of sp³-hybridized carbons (Fsp3) is 0.217. The Kier molecular flexibility index (Phi) is 5.55. The van der Waals surface area contributed by atoms with Gasteiger partial charge in [0.05, 0.1) is 11.0 Å². The highest BCUT2D eigenvalue weighted by Gasteiger charge is 2.35. The second-order valence-corrected chi connectivity index (χ2v) is 8.38. The predicted octanol–water partition coefficient (Wildman–Crippen LogP) is 4.43. The van der Waals surface area contributed by atoms with E-state index in [0.717, 1.165) is 23.0 Å². The molecule has 2 aromatic heterocycles. The minimum absolute atomic E-state index is 0.178. The Labute approximate surface area is 188 Å². The van der Waals surface area contributed by atoms with Crippen molar-refractivity contribution in [3.8, 4) is 11.5 Å². The lowest BCUT2D eigenvalue weighted by Crippen LogP contribution is -2.43. The molecule has 4 aromatic rings. The number of aromatic nitrogens is 3. The number of benzene rings is 2. The number of H-pyrrole nitrogens is 1. The summed E-state index contributed by atoms with van der Waals surface area (Å²) in [6.07, 6.45) is 0.864. The lowest BCUT2D eigenvalue weighted by atomic mass is 10.2. The van der Waals surface area contributed by atoms with Gasteiger partial charge in [-0.2, -0.15) is 0 Å². The van der Waals surface area contributed by atoms with Gasteiger partial charge < -0.3 is 15.0 Å². The second-order valence-electron chi connectivity index (χ2n) is 7.52. The maximum absolute atomic E-state index is 12.9. The number of fused-ring (bicyclic) bond motifs is 1. The molecule has 162 valence electrons. The van der Waals surface area contributed by atoms with Crippen molar-refractivity contribution >= 4 is 39.5 Å². The highest BCUT2D eigenvalue weighted by molar-refractivity contribution is 7.14. The smallest absolute Gasteiger partial charge is 0.410 e. The van der Waals surface area contributed by atoms with E-state index < -0.39 is 12.1 Å². The summed E-state index contributed by atoms with van der Waals surface area (Å²) in [5, 5.41) is 5.15. The lowest BCUT2D eigenvalue weighted by Gasteiger charge is -2.22. The van der Waals surface area contributed by atoms with Gasteiger partial charge in [-0.25, -0.2) is 14.8 Å². The Balaban J connectivity index is 1.23. The Morgan fingerprint density at radius 3 is 2.78 bits per heavy atom. The third-order valence-electron chi connectivity index (χ3n) is 5.36. The number of rotatable bonds is 5. The molecule has 0 bridgehead atoms. The zero-order valence-corrected chi connectivity index (χ0v) is 18.0. The lowest BCUT2D eigenvalue weighted by molar-refractivity contribution is -0.120. The number of para-hydroxylation sites is 2. The van der Waals surface area contributed by atoms with Crippen LogP contribution in [0.2, 0.25) is 0 Å². The van der Waals surface area contributed by atoms with Gasteiger partial charge in [0.25, 0.3) is 0 Å². The van der Waals surface area contributed by atoms with Crippen LogP contribution < -0.4 is 5.32 Å². The van der Waals surface area contributed by atoms with E-state index in [2.05, 4.69) is 20.3 Å². The average molecular weight is 448 g/mol. The average Bonchev–Trinajstić information content (AvgIpc) is 3.57. The van der Waals surface area contributed by atoms with Gasteiger partial charge in [-0.3, -0.25) is 9.69 Å². The third-order valence-corrected chi connectivity index (χ3v) is 6.12. The van der Waals surface area contributed by atoms with Crippen molar-refractivity contribution in [3.63, 3.8) is 0 Å². The topological polar surface area (TPSA) is 100 Å². The van der Waals surface area contributed by atoms with Crippen molar-refractivity contribution in [2.75, 3.05) is 11.9 Å². The number of aromatic amines is 1. The molecule has 32 heavy (non-hydrogen) atoms. The van der Waals surface area contributed by atoms with Crippen LogP contribution >= 0.6 is 11.3 Å². The standard InChI is InChI=1S/C23H21N5O3S/c29-21(19-11-6-12-28(19)23(30)31-13-15-7-2-1-3-8-15)27-22-26-18(14-32-22)20-24-16-9-4-5-10-17(16)25-20/h1-5,7-10,14,19H,6,11-13H2,(H,24,25)(H,26,27,29). The molecule has 1 saturated heterocycles. The van der Waals surface area contributed by atoms with E-state index in [1.54, 1.807) is 0 Å². The van der Waals surface area contributed by atoms with Gasteiger partial charge in [-0.05, 0) is 30.5 Å². The van der Waals surface area contributed by atoms with Gasteiger partial charge in [0.2, 0.25) is 5.91 Å². The number of nitrogens with one attached hydrogen (secondary N) is 2. The van der Waals surface area contributed by atoms with Crippen molar-refractivity contribution in [3.05, 3.63) is 65.5 Å². The van der Waals surface area contributed by atoms with Crippen molar-refractivity contribution < 1.29 is 14.3 Å². The normalized spacial score (nSPS) is 15.8. The van der Waals surface area contributed by atoms with E-state index in [1.807, 2.05) is 60.0 Å². The van der Waals surface area contributed by atoms with E-state index >= 15 is 0 Å². The Morgan fingerprint density at radius 2 is 1.94 bits per heavy atom. The number of likely N-dealkylation sites (tertiary alicyclic amines) is 1. The molecule has 1 atom stereocenters. The first-order valence-electron chi connectivity index (χ1n) is 10.4. The quantitative estimate of drug-likeness (QED) is 0.472. The summed E-state index contributed by atoms with van der Waals surface area (Å²) in [5.41, 5.74) is 3.35. The molecule has 9 heteroatoms. The van der Waals surface area contributed by atoms with Gasteiger partial charge in [0, 0.05) is 11.9 Å². The molecule has 0 radical (unpaired) electrons.